The van der Waals surface area contributed by atoms with Crippen LogP contribution >= 0.6 is 0 Å². The predicted octanol–water partition coefficient (Wildman–Crippen LogP) is 3.57. The third-order valence-electron chi connectivity index (χ3n) is 6.34. The van der Waals surface area contributed by atoms with Crippen molar-refractivity contribution >= 4 is 5.78 Å². The summed E-state index contributed by atoms with van der Waals surface area (Å²) in [6.07, 6.45) is 1.37. The van der Waals surface area contributed by atoms with Crippen LogP contribution in [0.4, 0.5) is 13.2 Å². The molecule has 0 amide bonds. The minimum absolute atomic E-state index is 0.0592. The van der Waals surface area contributed by atoms with Crippen LogP contribution in [-0.4, -0.2) is 48.9 Å². The Morgan fingerprint density at radius 2 is 1.56 bits per heavy atom. The van der Waals surface area contributed by atoms with Gasteiger partial charge in [-0.25, -0.2) is 0 Å². The summed E-state index contributed by atoms with van der Waals surface area (Å²) >= 11 is 0. The number of Topliss-reactive ketones (excluding diaryl/α,β-unsaturated/α-hetero) is 1. The fraction of sp³-hybridized carbons (Fsp3) is 0.833. The van der Waals surface area contributed by atoms with Gasteiger partial charge in [-0.2, -0.15) is 13.2 Å². The van der Waals surface area contributed by atoms with Crippen molar-refractivity contribution in [1.82, 2.24) is 4.90 Å². The molecule has 0 radical (unpaired) electrons. The fourth-order valence-electron chi connectivity index (χ4n) is 5.04. The van der Waals surface area contributed by atoms with Crippen LogP contribution in [0.25, 0.3) is 0 Å². The summed E-state index contributed by atoms with van der Waals surface area (Å²) in [6, 6.07) is 0. The van der Waals surface area contributed by atoms with Gasteiger partial charge in [0.1, 0.15) is 0 Å². The zero-order valence-electron chi connectivity index (χ0n) is 14.3. The van der Waals surface area contributed by atoms with E-state index in [-0.39, 0.29) is 5.57 Å². The highest BCUT2D eigenvalue weighted by Gasteiger charge is 2.56. The molecule has 0 aromatic carbocycles. The highest BCUT2D eigenvalue weighted by Crippen LogP contribution is 2.58. The first-order chi connectivity index (χ1) is 11.9. The smallest absolute Gasteiger partial charge is 0.374 e. The van der Waals surface area contributed by atoms with Crippen LogP contribution in [-0.2, 0) is 14.3 Å². The van der Waals surface area contributed by atoms with Crippen LogP contribution < -0.4 is 0 Å². The Morgan fingerprint density at radius 3 is 2.12 bits per heavy atom. The molecule has 4 aliphatic rings. The van der Waals surface area contributed by atoms with Crippen molar-refractivity contribution in [3.05, 3.63) is 11.3 Å². The Hall–Kier alpha value is -1.08. The van der Waals surface area contributed by atoms with Crippen molar-refractivity contribution in [1.29, 1.82) is 0 Å². The lowest BCUT2D eigenvalue weighted by atomic mass is 9.57. The molecule has 2 aliphatic carbocycles. The molecule has 0 N–H and O–H groups in total. The van der Waals surface area contributed by atoms with Crippen molar-refractivity contribution in [3.8, 4) is 0 Å². The maximum absolute atomic E-state index is 13.2. The molecule has 2 aliphatic heterocycles. The SMILES string of the molecule is O=C(C1=C(N2CCC3(CC2)OCCO3)CC12CCCCC2)C(F)(F)F. The summed E-state index contributed by atoms with van der Waals surface area (Å²) in [5, 5.41) is 0. The molecular formula is C18H24F3NO3. The van der Waals surface area contributed by atoms with E-state index in [1.54, 1.807) is 0 Å². The lowest BCUT2D eigenvalue weighted by Crippen LogP contribution is -2.51. The van der Waals surface area contributed by atoms with Gasteiger partial charge in [0, 0.05) is 42.6 Å². The molecule has 0 aromatic rings. The second-order valence-corrected chi connectivity index (χ2v) is 7.76. The van der Waals surface area contributed by atoms with Gasteiger partial charge in [0.2, 0.25) is 0 Å². The van der Waals surface area contributed by atoms with E-state index in [0.717, 1.165) is 19.3 Å². The Kier molecular flexibility index (Phi) is 4.15. The van der Waals surface area contributed by atoms with Gasteiger partial charge in [0.25, 0.3) is 5.78 Å². The largest absolute Gasteiger partial charge is 0.454 e. The van der Waals surface area contributed by atoms with Crippen LogP contribution in [0.1, 0.15) is 51.4 Å². The molecular weight excluding hydrogens is 335 g/mol. The number of halogens is 3. The lowest BCUT2D eigenvalue weighted by Gasteiger charge is -2.52. The quantitative estimate of drug-likeness (QED) is 0.756. The zero-order chi connectivity index (χ0) is 17.7. The number of allylic oxidation sites excluding steroid dienone is 2. The normalized spacial score (nSPS) is 28.5. The first kappa shape index (κ1) is 17.3. The molecule has 0 atom stereocenters. The fourth-order valence-corrected chi connectivity index (χ4v) is 5.04. The van der Waals surface area contributed by atoms with E-state index < -0.39 is 23.2 Å². The second-order valence-electron chi connectivity index (χ2n) is 7.76. The Bertz CT molecular complexity index is 577. The summed E-state index contributed by atoms with van der Waals surface area (Å²) in [6.45, 7) is 2.31. The van der Waals surface area contributed by atoms with Crippen LogP contribution in [0.2, 0.25) is 0 Å². The topological polar surface area (TPSA) is 38.8 Å². The highest BCUT2D eigenvalue weighted by molar-refractivity contribution is 6.03. The maximum Gasteiger partial charge on any atom is 0.454 e. The number of likely N-dealkylation sites (tertiary alicyclic amines) is 1. The van der Waals surface area contributed by atoms with Crippen molar-refractivity contribution in [3.63, 3.8) is 0 Å². The van der Waals surface area contributed by atoms with E-state index in [2.05, 4.69) is 0 Å². The zero-order valence-corrected chi connectivity index (χ0v) is 14.3. The maximum atomic E-state index is 13.2. The number of ketones is 1. The van der Waals surface area contributed by atoms with Crippen LogP contribution in [0, 0.1) is 5.41 Å². The third kappa shape index (κ3) is 2.89. The monoisotopic (exact) mass is 359 g/mol. The number of alkyl halides is 3. The van der Waals surface area contributed by atoms with E-state index in [1.165, 1.54) is 0 Å². The Balaban J connectivity index is 1.57. The van der Waals surface area contributed by atoms with Gasteiger partial charge in [-0.1, -0.05) is 19.3 Å². The standard InChI is InChI=1S/C18H24F3NO3/c19-18(20,21)15(23)14-13(12-16(14)4-2-1-3-5-16)22-8-6-17(7-9-22)24-10-11-25-17/h1-12H2. The van der Waals surface area contributed by atoms with Gasteiger partial charge in [-0.15, -0.1) is 0 Å². The van der Waals surface area contributed by atoms with Gasteiger partial charge >= 0.3 is 6.18 Å². The first-order valence-corrected chi connectivity index (χ1v) is 9.23. The van der Waals surface area contributed by atoms with E-state index in [0.29, 0.717) is 64.1 Å². The van der Waals surface area contributed by atoms with Crippen LogP contribution in [0.3, 0.4) is 0 Å². The molecule has 0 bridgehead atoms. The summed E-state index contributed by atoms with van der Waals surface area (Å²) in [5.41, 5.74) is 0.149. The number of carbonyl (C=O) groups is 1. The lowest BCUT2D eigenvalue weighted by molar-refractivity contribution is -0.184. The van der Waals surface area contributed by atoms with Gasteiger partial charge in [-0.05, 0) is 19.3 Å². The van der Waals surface area contributed by atoms with Gasteiger partial charge in [-0.3, -0.25) is 4.79 Å². The second kappa shape index (κ2) is 5.98. The molecule has 0 unspecified atom stereocenters. The number of piperidine rings is 1. The van der Waals surface area contributed by atoms with E-state index in [9.17, 15) is 18.0 Å². The molecule has 25 heavy (non-hydrogen) atoms. The van der Waals surface area contributed by atoms with Crippen molar-refractivity contribution in [2.45, 2.75) is 63.3 Å². The molecule has 2 heterocycles. The van der Waals surface area contributed by atoms with E-state index in [4.69, 9.17) is 9.47 Å². The Morgan fingerprint density at radius 1 is 0.960 bits per heavy atom. The Labute approximate surface area is 145 Å². The molecule has 140 valence electrons. The van der Waals surface area contributed by atoms with Gasteiger partial charge in [0.05, 0.1) is 13.2 Å². The summed E-state index contributed by atoms with van der Waals surface area (Å²) in [4.78, 5) is 14.1. The third-order valence-corrected chi connectivity index (χ3v) is 6.34. The minimum atomic E-state index is -4.79. The van der Waals surface area contributed by atoms with Crippen molar-refractivity contribution in [2.24, 2.45) is 5.41 Å². The van der Waals surface area contributed by atoms with Crippen molar-refractivity contribution in [2.75, 3.05) is 26.3 Å². The van der Waals surface area contributed by atoms with Gasteiger partial charge < -0.3 is 14.4 Å². The highest BCUT2D eigenvalue weighted by atomic mass is 19.4. The van der Waals surface area contributed by atoms with Crippen molar-refractivity contribution < 1.29 is 27.4 Å². The number of hydrogen-bond donors (Lipinski definition) is 0. The van der Waals surface area contributed by atoms with Crippen LogP contribution in [0.15, 0.2) is 11.3 Å². The van der Waals surface area contributed by atoms with Crippen LogP contribution in [0.5, 0.6) is 0 Å². The molecule has 7 heteroatoms. The molecule has 1 saturated carbocycles. The minimum Gasteiger partial charge on any atom is -0.374 e. The number of rotatable bonds is 2. The van der Waals surface area contributed by atoms with E-state index in [1.807, 2.05) is 4.90 Å². The number of hydrogen-bond acceptors (Lipinski definition) is 4. The molecule has 4 nitrogen and oxygen atoms in total. The molecule has 4 rings (SSSR count). The van der Waals surface area contributed by atoms with E-state index >= 15 is 0 Å². The molecule has 0 aromatic heterocycles. The predicted molar refractivity (Wildman–Crippen MR) is 83.7 cm³/mol. The average molecular weight is 359 g/mol. The number of nitrogens with zero attached hydrogens (tertiary/aromatic N) is 1. The first-order valence-electron chi connectivity index (χ1n) is 9.23. The molecule has 3 fully saturated rings. The summed E-state index contributed by atoms with van der Waals surface area (Å²) in [7, 11) is 0. The summed E-state index contributed by atoms with van der Waals surface area (Å²) in [5.74, 6) is -2.18. The number of carbonyl (C=O) groups excluding carboxylic acids is 1. The molecule has 2 spiro atoms. The average Bonchev–Trinajstić information content (AvgIpc) is 3.02. The molecule has 2 saturated heterocycles. The number of ether oxygens (including phenoxy) is 2. The summed E-state index contributed by atoms with van der Waals surface area (Å²) < 4.78 is 51.0. The van der Waals surface area contributed by atoms with Gasteiger partial charge in [0.15, 0.2) is 5.79 Å².